The third kappa shape index (κ3) is 4.96. The fraction of sp³-hybridized carbons (Fsp3) is 0.0435. The second-order valence-corrected chi connectivity index (χ2v) is 8.71. The monoisotopic (exact) mass is 571 g/mol. The summed E-state index contributed by atoms with van der Waals surface area (Å²) in [6, 6.07) is 18.4. The Balaban J connectivity index is 1.52. The van der Waals surface area contributed by atoms with E-state index in [1.165, 1.54) is 23.2 Å². The number of halogens is 2. The maximum Gasteiger partial charge on any atom is 0.282 e. The van der Waals surface area contributed by atoms with Crippen molar-refractivity contribution in [2.24, 2.45) is 0 Å². The first-order valence-corrected chi connectivity index (χ1v) is 11.2. The van der Waals surface area contributed by atoms with Crippen molar-refractivity contribution >= 4 is 61.1 Å². The highest BCUT2D eigenvalue weighted by molar-refractivity contribution is 9.11. The van der Waals surface area contributed by atoms with Crippen LogP contribution in [0.2, 0.25) is 0 Å². The first-order chi connectivity index (χ1) is 15.8. The van der Waals surface area contributed by atoms with Crippen molar-refractivity contribution in [2.45, 2.75) is 6.61 Å². The fourth-order valence-corrected chi connectivity index (χ4v) is 4.60. The number of benzene rings is 3. The van der Waals surface area contributed by atoms with Gasteiger partial charge in [0, 0.05) is 12.1 Å². The van der Waals surface area contributed by atoms with Crippen LogP contribution in [0, 0.1) is 10.1 Å². The number of ether oxygens (including phenoxy) is 1. The zero-order valence-corrected chi connectivity index (χ0v) is 20.0. The first-order valence-electron chi connectivity index (χ1n) is 9.61. The number of nitro benzene ring substituents is 1. The van der Waals surface area contributed by atoms with Crippen LogP contribution in [0.25, 0.3) is 6.08 Å². The molecular weight excluding hydrogens is 558 g/mol. The molecule has 10 heteroatoms. The maximum absolute atomic E-state index is 12.8. The molecule has 3 aromatic rings. The van der Waals surface area contributed by atoms with Crippen LogP contribution in [0.15, 0.2) is 81.2 Å². The summed E-state index contributed by atoms with van der Waals surface area (Å²) in [7, 11) is 0. The van der Waals surface area contributed by atoms with E-state index in [0.29, 0.717) is 25.9 Å². The van der Waals surface area contributed by atoms with Crippen molar-refractivity contribution in [3.63, 3.8) is 0 Å². The number of anilines is 1. The lowest BCUT2D eigenvalue weighted by atomic mass is 10.1. The van der Waals surface area contributed by atoms with E-state index in [1.54, 1.807) is 48.5 Å². The molecule has 0 radical (unpaired) electrons. The van der Waals surface area contributed by atoms with Crippen LogP contribution in [-0.2, 0) is 16.2 Å². The van der Waals surface area contributed by atoms with Gasteiger partial charge in [-0.1, -0.05) is 18.2 Å². The number of nitro groups is 1. The molecule has 0 aromatic heterocycles. The number of amides is 2. The molecule has 2 amide bonds. The van der Waals surface area contributed by atoms with Crippen LogP contribution < -0.4 is 15.2 Å². The molecule has 0 aliphatic carbocycles. The molecule has 0 atom stereocenters. The lowest BCUT2D eigenvalue weighted by molar-refractivity contribution is -0.384. The second-order valence-electron chi connectivity index (χ2n) is 7.00. The SMILES string of the molecule is O=C1NN(c2ccccc2)C(=O)/C1=C\c1cc(Br)c(OCc2ccc([N+](=O)[O-])cc2)c(Br)c1. The second kappa shape index (κ2) is 9.55. The number of non-ortho nitro benzene ring substituents is 1. The van der Waals surface area contributed by atoms with E-state index >= 15 is 0 Å². The van der Waals surface area contributed by atoms with E-state index in [9.17, 15) is 19.7 Å². The number of nitrogens with zero attached hydrogens (tertiary/aromatic N) is 2. The van der Waals surface area contributed by atoms with Crippen molar-refractivity contribution in [2.75, 3.05) is 5.01 Å². The minimum Gasteiger partial charge on any atom is -0.487 e. The molecule has 0 spiro atoms. The normalized spacial score (nSPS) is 14.5. The maximum atomic E-state index is 12.8. The summed E-state index contributed by atoms with van der Waals surface area (Å²) in [5, 5.41) is 12.0. The predicted molar refractivity (Wildman–Crippen MR) is 129 cm³/mol. The molecule has 1 heterocycles. The Morgan fingerprint density at radius 1 is 1.00 bits per heavy atom. The predicted octanol–water partition coefficient (Wildman–Crippen LogP) is 5.16. The van der Waals surface area contributed by atoms with Crippen LogP contribution >= 0.6 is 31.9 Å². The lowest BCUT2D eigenvalue weighted by Gasteiger charge is -2.14. The summed E-state index contributed by atoms with van der Waals surface area (Å²) in [6.07, 6.45) is 1.51. The minimum atomic E-state index is -0.491. The molecule has 3 aromatic carbocycles. The zero-order chi connectivity index (χ0) is 23.5. The summed E-state index contributed by atoms with van der Waals surface area (Å²) < 4.78 is 7.07. The molecule has 1 saturated heterocycles. The van der Waals surface area contributed by atoms with E-state index < -0.39 is 16.7 Å². The van der Waals surface area contributed by atoms with Crippen molar-refractivity contribution in [3.05, 3.63) is 102 Å². The van der Waals surface area contributed by atoms with Gasteiger partial charge >= 0.3 is 0 Å². The Labute approximate surface area is 205 Å². The molecule has 8 nitrogen and oxygen atoms in total. The standard InChI is InChI=1S/C23H15Br2N3O5/c24-19-11-15(10-18-22(29)26-27(23(18)30)16-4-2-1-3-5-16)12-20(25)21(19)33-13-14-6-8-17(9-7-14)28(31)32/h1-12H,13H2,(H,26,29)/b18-10-. The van der Waals surface area contributed by atoms with Gasteiger partial charge in [0.05, 0.1) is 19.6 Å². The third-order valence-electron chi connectivity index (χ3n) is 4.77. The Bertz CT molecular complexity index is 1250. The topological polar surface area (TPSA) is 102 Å². The smallest absolute Gasteiger partial charge is 0.282 e. The molecule has 1 N–H and O–H groups in total. The first kappa shape index (κ1) is 22.7. The molecule has 33 heavy (non-hydrogen) atoms. The van der Waals surface area contributed by atoms with Crippen LogP contribution in [0.5, 0.6) is 5.75 Å². The molecular formula is C23H15Br2N3O5. The van der Waals surface area contributed by atoms with E-state index in [2.05, 4.69) is 37.3 Å². The highest BCUT2D eigenvalue weighted by Gasteiger charge is 2.34. The van der Waals surface area contributed by atoms with Crippen molar-refractivity contribution in [1.82, 2.24) is 5.43 Å². The average molecular weight is 573 g/mol. The summed E-state index contributed by atoms with van der Waals surface area (Å²) in [4.78, 5) is 35.5. The van der Waals surface area contributed by atoms with Gasteiger partial charge in [-0.2, -0.15) is 0 Å². The van der Waals surface area contributed by atoms with Gasteiger partial charge in [0.25, 0.3) is 17.5 Å². The number of hydrogen-bond acceptors (Lipinski definition) is 5. The Kier molecular flexibility index (Phi) is 6.57. The van der Waals surface area contributed by atoms with Crippen LogP contribution in [0.4, 0.5) is 11.4 Å². The third-order valence-corrected chi connectivity index (χ3v) is 5.95. The van der Waals surface area contributed by atoms with E-state index in [4.69, 9.17) is 4.74 Å². The Morgan fingerprint density at radius 3 is 2.24 bits per heavy atom. The summed E-state index contributed by atoms with van der Waals surface area (Å²) in [6.45, 7) is 0.197. The van der Waals surface area contributed by atoms with Crippen molar-refractivity contribution < 1.29 is 19.2 Å². The number of carbonyl (C=O) groups excluding carboxylic acids is 2. The van der Waals surface area contributed by atoms with Crippen LogP contribution in [0.1, 0.15) is 11.1 Å². The van der Waals surface area contributed by atoms with Crippen LogP contribution in [0.3, 0.4) is 0 Å². The molecule has 1 aliphatic heterocycles. The van der Waals surface area contributed by atoms with Crippen molar-refractivity contribution in [1.29, 1.82) is 0 Å². The number of para-hydroxylation sites is 1. The van der Waals surface area contributed by atoms with Gasteiger partial charge in [0.1, 0.15) is 17.9 Å². The van der Waals surface area contributed by atoms with Gasteiger partial charge in [0.2, 0.25) is 0 Å². The number of carbonyl (C=O) groups is 2. The molecule has 1 aliphatic rings. The molecule has 4 rings (SSSR count). The number of hydrogen-bond donors (Lipinski definition) is 1. The van der Waals surface area contributed by atoms with Gasteiger partial charge in [-0.05, 0) is 85.5 Å². The molecule has 0 unspecified atom stereocenters. The summed E-state index contributed by atoms with van der Waals surface area (Å²) in [5.41, 5.74) is 4.53. The summed E-state index contributed by atoms with van der Waals surface area (Å²) >= 11 is 6.92. The minimum absolute atomic E-state index is 0.00910. The Hall–Kier alpha value is -3.50. The van der Waals surface area contributed by atoms with Crippen molar-refractivity contribution in [3.8, 4) is 5.75 Å². The number of rotatable bonds is 6. The van der Waals surface area contributed by atoms with E-state index in [1.807, 2.05) is 6.07 Å². The van der Waals surface area contributed by atoms with Gasteiger partial charge in [0.15, 0.2) is 0 Å². The molecule has 1 fully saturated rings. The molecule has 166 valence electrons. The van der Waals surface area contributed by atoms with Gasteiger partial charge in [-0.15, -0.1) is 0 Å². The number of nitrogens with one attached hydrogen (secondary N) is 1. The largest absolute Gasteiger partial charge is 0.487 e. The highest BCUT2D eigenvalue weighted by atomic mass is 79.9. The molecule has 0 bridgehead atoms. The Morgan fingerprint density at radius 2 is 1.64 bits per heavy atom. The highest BCUT2D eigenvalue weighted by Crippen LogP contribution is 2.36. The summed E-state index contributed by atoms with van der Waals surface area (Å²) in [5.74, 6) is -0.421. The average Bonchev–Trinajstić information content (AvgIpc) is 3.08. The van der Waals surface area contributed by atoms with E-state index in [-0.39, 0.29) is 17.9 Å². The van der Waals surface area contributed by atoms with E-state index in [0.717, 1.165) is 5.56 Å². The lowest BCUT2D eigenvalue weighted by Crippen LogP contribution is -2.35. The quantitative estimate of drug-likeness (QED) is 0.190. The number of hydrazine groups is 1. The van der Waals surface area contributed by atoms with Gasteiger partial charge in [-0.25, -0.2) is 5.01 Å². The fourth-order valence-electron chi connectivity index (χ4n) is 3.15. The molecule has 0 saturated carbocycles. The van der Waals surface area contributed by atoms with Gasteiger partial charge < -0.3 is 4.74 Å². The van der Waals surface area contributed by atoms with Crippen LogP contribution in [-0.4, -0.2) is 16.7 Å². The zero-order valence-electron chi connectivity index (χ0n) is 16.8. The van der Waals surface area contributed by atoms with Gasteiger partial charge in [-0.3, -0.25) is 25.1 Å².